The number of halogens is 1. The van der Waals surface area contributed by atoms with Gasteiger partial charge in [-0.3, -0.25) is 0 Å². The van der Waals surface area contributed by atoms with Gasteiger partial charge in [0.05, 0.1) is 0 Å². The molecule has 0 aromatic heterocycles. The van der Waals surface area contributed by atoms with Gasteiger partial charge in [-0.1, -0.05) is 6.42 Å². The quantitative estimate of drug-likeness (QED) is 0.740. The first kappa shape index (κ1) is 17.4. The smallest absolute Gasteiger partial charge is 0.407 e. The molecule has 23 heavy (non-hydrogen) atoms. The lowest BCUT2D eigenvalue weighted by atomic mass is 10.0. The van der Waals surface area contributed by atoms with E-state index in [9.17, 15) is 14.3 Å². The topological polar surface area (TPSA) is 70.6 Å². The van der Waals surface area contributed by atoms with Crippen LogP contribution < -0.4 is 10.6 Å². The fourth-order valence-electron chi connectivity index (χ4n) is 2.81. The summed E-state index contributed by atoms with van der Waals surface area (Å²) in [5.41, 5.74) is 0.121. The monoisotopic (exact) mass is 324 g/mol. The third-order valence-corrected chi connectivity index (χ3v) is 3.87. The van der Waals surface area contributed by atoms with E-state index in [1.54, 1.807) is 6.07 Å². The van der Waals surface area contributed by atoms with Crippen LogP contribution in [-0.2, 0) is 4.74 Å². The summed E-state index contributed by atoms with van der Waals surface area (Å²) in [6, 6.07) is 4.43. The number of amides is 1. The van der Waals surface area contributed by atoms with Crippen LogP contribution >= 0.6 is 0 Å². The van der Waals surface area contributed by atoms with Crippen molar-refractivity contribution in [3.8, 4) is 5.75 Å². The molecule has 1 aliphatic carbocycles. The number of alkyl carbamates (subject to hydrolysis) is 1. The number of phenols is 1. The molecule has 1 amide bonds. The van der Waals surface area contributed by atoms with Crippen molar-refractivity contribution in [1.82, 2.24) is 5.32 Å². The summed E-state index contributed by atoms with van der Waals surface area (Å²) in [6.07, 6.45) is 2.59. The van der Waals surface area contributed by atoms with E-state index in [0.717, 1.165) is 19.3 Å². The molecule has 5 nitrogen and oxygen atoms in total. The second kappa shape index (κ2) is 7.06. The van der Waals surface area contributed by atoms with E-state index in [0.29, 0.717) is 12.2 Å². The number of carbonyl (C=O) groups excluding carboxylic acids is 1. The Morgan fingerprint density at radius 3 is 2.78 bits per heavy atom. The average molecular weight is 324 g/mol. The van der Waals surface area contributed by atoms with Gasteiger partial charge in [-0.25, -0.2) is 9.18 Å². The van der Waals surface area contributed by atoms with Crippen molar-refractivity contribution >= 4 is 11.8 Å². The summed E-state index contributed by atoms with van der Waals surface area (Å²) in [5, 5.41) is 15.3. The molecule has 0 aliphatic heterocycles. The fourth-order valence-corrected chi connectivity index (χ4v) is 2.81. The zero-order valence-corrected chi connectivity index (χ0v) is 13.9. The summed E-state index contributed by atoms with van der Waals surface area (Å²) in [5.74, 6) is -0.735. The summed E-state index contributed by atoms with van der Waals surface area (Å²) in [6.45, 7) is 6.00. The number of anilines is 1. The number of aromatic hydroxyl groups is 1. The van der Waals surface area contributed by atoms with Gasteiger partial charge in [-0.2, -0.15) is 0 Å². The van der Waals surface area contributed by atoms with Gasteiger partial charge >= 0.3 is 6.09 Å². The van der Waals surface area contributed by atoms with E-state index in [1.807, 2.05) is 20.8 Å². The molecule has 2 unspecified atom stereocenters. The molecule has 3 N–H and O–H groups in total. The maximum absolute atomic E-state index is 13.4. The van der Waals surface area contributed by atoms with Crippen molar-refractivity contribution in [2.45, 2.75) is 51.7 Å². The Kier molecular flexibility index (Phi) is 5.34. The molecule has 2 rings (SSSR count). The Labute approximate surface area is 136 Å². The molecule has 1 aromatic rings. The highest BCUT2D eigenvalue weighted by atomic mass is 19.1. The summed E-state index contributed by atoms with van der Waals surface area (Å²) >= 11 is 0. The van der Waals surface area contributed by atoms with Crippen LogP contribution in [0.25, 0.3) is 0 Å². The molecule has 0 heterocycles. The number of hydrogen-bond donors (Lipinski definition) is 3. The Hall–Kier alpha value is -1.98. The number of ether oxygens (including phenoxy) is 1. The third-order valence-electron chi connectivity index (χ3n) is 3.87. The SMILES string of the molecule is CC(C)(C)OC(=O)NCC1CCCC1Nc1ccc(O)c(F)c1. The van der Waals surface area contributed by atoms with Crippen LogP contribution in [0.4, 0.5) is 14.9 Å². The number of phenolic OH excluding ortho intramolecular Hbond substituents is 1. The van der Waals surface area contributed by atoms with Crippen LogP contribution in [0.5, 0.6) is 5.75 Å². The predicted octanol–water partition coefficient (Wildman–Crippen LogP) is 3.64. The van der Waals surface area contributed by atoms with E-state index >= 15 is 0 Å². The highest BCUT2D eigenvalue weighted by molar-refractivity contribution is 5.67. The van der Waals surface area contributed by atoms with E-state index < -0.39 is 17.5 Å². The van der Waals surface area contributed by atoms with Gasteiger partial charge in [0.1, 0.15) is 5.60 Å². The van der Waals surface area contributed by atoms with Gasteiger partial charge < -0.3 is 20.5 Å². The third kappa shape index (κ3) is 5.30. The Morgan fingerprint density at radius 2 is 2.13 bits per heavy atom. The molecule has 0 spiro atoms. The first-order valence-electron chi connectivity index (χ1n) is 7.96. The first-order valence-corrected chi connectivity index (χ1v) is 7.96. The van der Waals surface area contributed by atoms with Crippen LogP contribution in [0.3, 0.4) is 0 Å². The van der Waals surface area contributed by atoms with E-state index in [1.165, 1.54) is 12.1 Å². The Balaban J connectivity index is 1.87. The van der Waals surface area contributed by atoms with Gasteiger partial charge in [0.2, 0.25) is 0 Å². The van der Waals surface area contributed by atoms with Gasteiger partial charge in [-0.05, 0) is 51.7 Å². The maximum Gasteiger partial charge on any atom is 0.407 e. The van der Waals surface area contributed by atoms with Crippen molar-refractivity contribution in [3.05, 3.63) is 24.0 Å². The fraction of sp³-hybridized carbons (Fsp3) is 0.588. The molecule has 2 atom stereocenters. The van der Waals surface area contributed by atoms with Crippen molar-refractivity contribution in [2.75, 3.05) is 11.9 Å². The number of benzene rings is 1. The van der Waals surface area contributed by atoms with E-state index in [4.69, 9.17) is 4.74 Å². The van der Waals surface area contributed by atoms with Gasteiger partial charge in [-0.15, -0.1) is 0 Å². The highest BCUT2D eigenvalue weighted by Crippen LogP contribution is 2.29. The zero-order chi connectivity index (χ0) is 17.0. The van der Waals surface area contributed by atoms with Gasteiger partial charge in [0, 0.05) is 24.3 Å². The summed E-state index contributed by atoms with van der Waals surface area (Å²) in [7, 11) is 0. The van der Waals surface area contributed by atoms with Gasteiger partial charge in [0.25, 0.3) is 0 Å². The lowest BCUT2D eigenvalue weighted by Gasteiger charge is -2.24. The molecule has 1 fully saturated rings. The molecule has 128 valence electrons. The number of carbonyl (C=O) groups is 1. The van der Waals surface area contributed by atoms with E-state index in [2.05, 4.69) is 10.6 Å². The van der Waals surface area contributed by atoms with Crippen LogP contribution in [0.15, 0.2) is 18.2 Å². The molecule has 0 saturated heterocycles. The predicted molar refractivity (Wildman–Crippen MR) is 87.1 cm³/mol. The lowest BCUT2D eigenvalue weighted by molar-refractivity contribution is 0.0519. The second-order valence-corrected chi connectivity index (χ2v) is 6.99. The molecule has 6 heteroatoms. The number of nitrogens with one attached hydrogen (secondary N) is 2. The standard InChI is InChI=1S/C17H25FN2O3/c1-17(2,3)23-16(22)19-10-11-5-4-6-14(11)20-12-7-8-15(21)13(18)9-12/h7-9,11,14,20-21H,4-6,10H2,1-3H3,(H,19,22). The minimum atomic E-state index is -0.642. The Bertz CT molecular complexity index is 557. The largest absolute Gasteiger partial charge is 0.505 e. The summed E-state index contributed by atoms with van der Waals surface area (Å²) < 4.78 is 18.6. The maximum atomic E-state index is 13.4. The average Bonchev–Trinajstić information content (AvgIpc) is 2.86. The van der Waals surface area contributed by atoms with Crippen LogP contribution in [0, 0.1) is 11.7 Å². The van der Waals surface area contributed by atoms with Gasteiger partial charge in [0.15, 0.2) is 11.6 Å². The normalized spacial score (nSPS) is 21.0. The minimum Gasteiger partial charge on any atom is -0.505 e. The minimum absolute atomic E-state index is 0.161. The Morgan fingerprint density at radius 1 is 1.39 bits per heavy atom. The van der Waals surface area contributed by atoms with Crippen molar-refractivity contribution in [2.24, 2.45) is 5.92 Å². The van der Waals surface area contributed by atoms with Crippen molar-refractivity contribution < 1.29 is 19.0 Å². The first-order chi connectivity index (χ1) is 10.7. The van der Waals surface area contributed by atoms with Crippen LogP contribution in [0.1, 0.15) is 40.0 Å². The second-order valence-electron chi connectivity index (χ2n) is 6.99. The summed E-state index contributed by atoms with van der Waals surface area (Å²) in [4.78, 5) is 11.7. The zero-order valence-electron chi connectivity index (χ0n) is 13.9. The lowest BCUT2D eigenvalue weighted by Crippen LogP contribution is -2.38. The molecule has 1 aromatic carbocycles. The number of hydrogen-bond acceptors (Lipinski definition) is 4. The molecule has 0 radical (unpaired) electrons. The van der Waals surface area contributed by atoms with E-state index in [-0.39, 0.29) is 17.7 Å². The molecule has 0 bridgehead atoms. The molecular weight excluding hydrogens is 299 g/mol. The van der Waals surface area contributed by atoms with Crippen LogP contribution in [-0.4, -0.2) is 29.4 Å². The van der Waals surface area contributed by atoms with Crippen molar-refractivity contribution in [3.63, 3.8) is 0 Å². The molecule has 1 aliphatic rings. The molecule has 1 saturated carbocycles. The number of rotatable bonds is 4. The molecular formula is C17H25FN2O3. The van der Waals surface area contributed by atoms with Crippen molar-refractivity contribution in [1.29, 1.82) is 0 Å². The van der Waals surface area contributed by atoms with Crippen LogP contribution in [0.2, 0.25) is 0 Å². The highest BCUT2D eigenvalue weighted by Gasteiger charge is 2.28.